The minimum absolute atomic E-state index is 0.157. The van der Waals surface area contributed by atoms with E-state index in [1.54, 1.807) is 4.57 Å². The van der Waals surface area contributed by atoms with E-state index < -0.39 is 11.6 Å². The van der Waals surface area contributed by atoms with Crippen LogP contribution in [-0.4, -0.2) is 21.1 Å². The second-order valence-corrected chi connectivity index (χ2v) is 6.12. The van der Waals surface area contributed by atoms with Crippen molar-refractivity contribution in [2.45, 2.75) is 19.4 Å². The van der Waals surface area contributed by atoms with Crippen molar-refractivity contribution in [1.82, 2.24) is 9.55 Å². The fourth-order valence-corrected chi connectivity index (χ4v) is 3.75. The van der Waals surface area contributed by atoms with Gasteiger partial charge in [0.1, 0.15) is 11.3 Å². The second kappa shape index (κ2) is 5.00. The molecule has 3 nitrogen and oxygen atoms in total. The van der Waals surface area contributed by atoms with Gasteiger partial charge in [-0.15, -0.1) is 0 Å². The summed E-state index contributed by atoms with van der Waals surface area (Å²) < 4.78 is 28.7. The van der Waals surface area contributed by atoms with Crippen LogP contribution < -0.4 is 5.73 Å². The quantitative estimate of drug-likeness (QED) is 0.921. The van der Waals surface area contributed by atoms with Crippen LogP contribution in [0.3, 0.4) is 0 Å². The standard InChI is InChI=1S/C13H15F2N3S/c14-9-5-10(15)12-11(6-9)18(13(16)17-12)7-8-1-3-19-4-2-8/h5-6,8H,1-4,7H2,(H2,16,17). The molecule has 0 aliphatic carbocycles. The summed E-state index contributed by atoms with van der Waals surface area (Å²) >= 11 is 1.95. The summed E-state index contributed by atoms with van der Waals surface area (Å²) in [4.78, 5) is 4.01. The molecular formula is C13H15F2N3S. The molecule has 0 atom stereocenters. The van der Waals surface area contributed by atoms with Gasteiger partial charge in [-0.25, -0.2) is 13.8 Å². The van der Waals surface area contributed by atoms with Crippen molar-refractivity contribution in [2.75, 3.05) is 17.2 Å². The lowest BCUT2D eigenvalue weighted by Gasteiger charge is -2.22. The molecule has 1 aliphatic heterocycles. The van der Waals surface area contributed by atoms with Crippen molar-refractivity contribution >= 4 is 28.7 Å². The Labute approximate surface area is 114 Å². The summed E-state index contributed by atoms with van der Waals surface area (Å²) in [5.74, 6) is 1.80. The Morgan fingerprint density at radius 1 is 1.32 bits per heavy atom. The molecule has 1 fully saturated rings. The maximum Gasteiger partial charge on any atom is 0.201 e. The van der Waals surface area contributed by atoms with Crippen LogP contribution in [0.25, 0.3) is 11.0 Å². The maximum absolute atomic E-state index is 13.6. The molecule has 0 radical (unpaired) electrons. The predicted octanol–water partition coefficient (Wildman–Crippen LogP) is 3.04. The first kappa shape index (κ1) is 12.7. The van der Waals surface area contributed by atoms with Crippen LogP contribution in [0.1, 0.15) is 12.8 Å². The zero-order chi connectivity index (χ0) is 13.4. The van der Waals surface area contributed by atoms with E-state index in [1.165, 1.54) is 6.07 Å². The molecule has 1 aliphatic rings. The normalized spacial score (nSPS) is 17.2. The molecule has 0 saturated carbocycles. The lowest BCUT2D eigenvalue weighted by atomic mass is 10.0. The topological polar surface area (TPSA) is 43.8 Å². The number of aromatic nitrogens is 2. The first-order valence-electron chi connectivity index (χ1n) is 6.33. The number of hydrogen-bond acceptors (Lipinski definition) is 3. The smallest absolute Gasteiger partial charge is 0.201 e. The number of benzene rings is 1. The molecule has 0 unspecified atom stereocenters. The number of anilines is 1. The Morgan fingerprint density at radius 2 is 2.05 bits per heavy atom. The molecule has 102 valence electrons. The molecule has 0 bridgehead atoms. The number of rotatable bonds is 2. The van der Waals surface area contributed by atoms with Gasteiger partial charge in [0, 0.05) is 18.7 Å². The van der Waals surface area contributed by atoms with Crippen LogP contribution in [-0.2, 0) is 6.54 Å². The minimum Gasteiger partial charge on any atom is -0.369 e. The monoisotopic (exact) mass is 283 g/mol. The third-order valence-electron chi connectivity index (χ3n) is 3.58. The molecule has 2 heterocycles. The van der Waals surface area contributed by atoms with Gasteiger partial charge in [-0.1, -0.05) is 0 Å². The lowest BCUT2D eigenvalue weighted by molar-refractivity contribution is 0.425. The molecule has 2 aromatic rings. The van der Waals surface area contributed by atoms with Gasteiger partial charge in [-0.3, -0.25) is 0 Å². The van der Waals surface area contributed by atoms with Crippen LogP contribution in [0.2, 0.25) is 0 Å². The number of nitrogens with two attached hydrogens (primary N) is 1. The zero-order valence-electron chi connectivity index (χ0n) is 10.4. The lowest BCUT2D eigenvalue weighted by Crippen LogP contribution is -2.17. The van der Waals surface area contributed by atoms with Crippen molar-refractivity contribution in [2.24, 2.45) is 5.92 Å². The van der Waals surface area contributed by atoms with E-state index in [0.29, 0.717) is 18.0 Å². The van der Waals surface area contributed by atoms with Crippen molar-refractivity contribution in [3.05, 3.63) is 23.8 Å². The van der Waals surface area contributed by atoms with Gasteiger partial charge in [-0.2, -0.15) is 11.8 Å². The molecule has 1 saturated heterocycles. The van der Waals surface area contributed by atoms with Gasteiger partial charge >= 0.3 is 0 Å². The summed E-state index contributed by atoms with van der Waals surface area (Å²) in [6.45, 7) is 0.686. The Kier molecular flexibility index (Phi) is 3.35. The largest absolute Gasteiger partial charge is 0.369 e. The highest BCUT2D eigenvalue weighted by Crippen LogP contribution is 2.28. The van der Waals surface area contributed by atoms with Gasteiger partial charge in [0.05, 0.1) is 5.52 Å². The number of imidazole rings is 1. The molecule has 1 aromatic heterocycles. The van der Waals surface area contributed by atoms with Crippen molar-refractivity contribution in [3.63, 3.8) is 0 Å². The van der Waals surface area contributed by atoms with E-state index in [2.05, 4.69) is 4.98 Å². The van der Waals surface area contributed by atoms with Crippen molar-refractivity contribution in [3.8, 4) is 0 Å². The van der Waals surface area contributed by atoms with Gasteiger partial charge in [0.25, 0.3) is 0 Å². The van der Waals surface area contributed by atoms with Crippen LogP contribution in [0.4, 0.5) is 14.7 Å². The zero-order valence-corrected chi connectivity index (χ0v) is 11.2. The summed E-state index contributed by atoms with van der Waals surface area (Å²) in [6, 6.07) is 2.15. The minimum atomic E-state index is -0.653. The number of hydrogen-bond donors (Lipinski definition) is 1. The third kappa shape index (κ3) is 2.41. The van der Waals surface area contributed by atoms with E-state index >= 15 is 0 Å². The molecule has 1 aromatic carbocycles. The molecule has 6 heteroatoms. The van der Waals surface area contributed by atoms with Crippen molar-refractivity contribution in [1.29, 1.82) is 0 Å². The number of fused-ring (bicyclic) bond motifs is 1. The summed E-state index contributed by atoms with van der Waals surface area (Å²) in [5.41, 5.74) is 6.46. The van der Waals surface area contributed by atoms with E-state index in [4.69, 9.17) is 5.73 Å². The molecule has 0 amide bonds. The number of halogens is 2. The number of nitrogen functional groups attached to an aromatic ring is 1. The molecule has 0 spiro atoms. The highest BCUT2D eigenvalue weighted by molar-refractivity contribution is 7.99. The predicted molar refractivity (Wildman–Crippen MR) is 74.1 cm³/mol. The summed E-state index contributed by atoms with van der Waals surface area (Å²) in [5, 5.41) is 0. The number of thioether (sulfide) groups is 1. The van der Waals surface area contributed by atoms with Crippen LogP contribution >= 0.6 is 11.8 Å². The van der Waals surface area contributed by atoms with Gasteiger partial charge in [0.2, 0.25) is 5.95 Å². The van der Waals surface area contributed by atoms with Gasteiger partial charge in [0.15, 0.2) is 5.82 Å². The van der Waals surface area contributed by atoms with Crippen LogP contribution in [0.5, 0.6) is 0 Å². The van der Waals surface area contributed by atoms with E-state index in [1.807, 2.05) is 11.8 Å². The van der Waals surface area contributed by atoms with Gasteiger partial charge < -0.3 is 10.3 Å². The maximum atomic E-state index is 13.6. The SMILES string of the molecule is Nc1nc2c(F)cc(F)cc2n1CC1CCSCC1. The van der Waals surface area contributed by atoms with Crippen molar-refractivity contribution < 1.29 is 8.78 Å². The third-order valence-corrected chi connectivity index (χ3v) is 4.63. The average Bonchev–Trinajstić information content (AvgIpc) is 2.69. The fourth-order valence-electron chi connectivity index (χ4n) is 2.55. The number of nitrogens with zero attached hydrogens (tertiary/aromatic N) is 2. The highest BCUT2D eigenvalue weighted by atomic mass is 32.2. The summed E-state index contributed by atoms with van der Waals surface area (Å²) in [6.07, 6.45) is 2.23. The first-order valence-corrected chi connectivity index (χ1v) is 7.49. The Bertz CT molecular complexity index is 605. The highest BCUT2D eigenvalue weighted by Gasteiger charge is 2.19. The Morgan fingerprint density at radius 3 is 2.79 bits per heavy atom. The van der Waals surface area contributed by atoms with Crippen LogP contribution in [0.15, 0.2) is 12.1 Å². The summed E-state index contributed by atoms with van der Waals surface area (Å²) in [7, 11) is 0. The first-order chi connectivity index (χ1) is 9.15. The second-order valence-electron chi connectivity index (χ2n) is 4.89. The average molecular weight is 283 g/mol. The fraction of sp³-hybridized carbons (Fsp3) is 0.462. The van der Waals surface area contributed by atoms with Crippen LogP contribution in [0, 0.1) is 17.6 Å². The molecule has 2 N–H and O–H groups in total. The molecular weight excluding hydrogens is 268 g/mol. The Balaban J connectivity index is 1.99. The van der Waals surface area contributed by atoms with E-state index in [0.717, 1.165) is 30.4 Å². The van der Waals surface area contributed by atoms with E-state index in [9.17, 15) is 8.78 Å². The van der Waals surface area contributed by atoms with E-state index in [-0.39, 0.29) is 11.5 Å². The Hall–Kier alpha value is -1.30. The molecule has 3 rings (SSSR count). The molecule has 19 heavy (non-hydrogen) atoms. The van der Waals surface area contributed by atoms with Gasteiger partial charge in [-0.05, 0) is 30.3 Å².